The third-order valence-electron chi connectivity index (χ3n) is 4.63. The van der Waals surface area contributed by atoms with Crippen LogP contribution < -0.4 is 0 Å². The summed E-state index contributed by atoms with van der Waals surface area (Å²) >= 11 is 5.73. The Morgan fingerprint density at radius 2 is 1.68 bits per heavy atom. The summed E-state index contributed by atoms with van der Waals surface area (Å²) in [6.45, 7) is 4.21. The maximum Gasteiger partial charge on any atom is 0.243 e. The van der Waals surface area contributed by atoms with Gasteiger partial charge in [-0.1, -0.05) is 41.9 Å². The van der Waals surface area contributed by atoms with Crippen LogP contribution in [0, 0.1) is 5.82 Å². The molecule has 1 fully saturated rings. The highest BCUT2D eigenvalue weighted by Crippen LogP contribution is 2.26. The number of sulfonamides is 1. The van der Waals surface area contributed by atoms with E-state index in [0.29, 0.717) is 26.2 Å². The largest absolute Gasteiger partial charge is 0.294 e. The molecule has 0 saturated carbocycles. The topological polar surface area (TPSA) is 40.6 Å². The molecule has 0 unspecified atom stereocenters. The average Bonchev–Trinajstić information content (AvgIpc) is 2.64. The van der Waals surface area contributed by atoms with E-state index in [1.54, 1.807) is 0 Å². The van der Waals surface area contributed by atoms with Gasteiger partial charge in [-0.15, -0.1) is 0 Å². The first-order valence-electron chi connectivity index (χ1n) is 8.14. The smallest absolute Gasteiger partial charge is 0.243 e. The fraction of sp³-hybridized carbons (Fsp3) is 0.333. The molecule has 0 bridgehead atoms. The summed E-state index contributed by atoms with van der Waals surface area (Å²) in [7, 11) is -3.66. The van der Waals surface area contributed by atoms with Crippen molar-refractivity contribution < 1.29 is 12.8 Å². The van der Waals surface area contributed by atoms with Gasteiger partial charge in [-0.25, -0.2) is 12.8 Å². The highest BCUT2D eigenvalue weighted by atomic mass is 35.5. The lowest BCUT2D eigenvalue weighted by Crippen LogP contribution is -2.49. The Morgan fingerprint density at radius 3 is 2.28 bits per heavy atom. The molecule has 0 radical (unpaired) electrons. The van der Waals surface area contributed by atoms with Crippen molar-refractivity contribution in [3.63, 3.8) is 0 Å². The molecule has 2 aromatic rings. The van der Waals surface area contributed by atoms with Crippen LogP contribution in [0.2, 0.25) is 5.02 Å². The van der Waals surface area contributed by atoms with E-state index in [2.05, 4.69) is 24.0 Å². The Kier molecular flexibility index (Phi) is 5.43. The maximum atomic E-state index is 13.3. The van der Waals surface area contributed by atoms with Gasteiger partial charge in [0.15, 0.2) is 0 Å². The second-order valence-electron chi connectivity index (χ2n) is 6.10. The van der Waals surface area contributed by atoms with Crippen LogP contribution in [0.3, 0.4) is 0 Å². The standard InChI is InChI=1S/C18H20ClFN2O2S/c1-14(15-5-3-2-4-6-15)21-9-11-22(12-10-21)25(23,24)16-7-8-18(20)17(19)13-16/h2-8,13-14H,9-12H2,1H3/t14-/m1/s1. The zero-order valence-electron chi connectivity index (χ0n) is 13.9. The second-order valence-corrected chi connectivity index (χ2v) is 8.45. The number of hydrogen-bond donors (Lipinski definition) is 0. The van der Waals surface area contributed by atoms with E-state index >= 15 is 0 Å². The number of halogens is 2. The summed E-state index contributed by atoms with van der Waals surface area (Å²) in [5.41, 5.74) is 1.21. The van der Waals surface area contributed by atoms with Crippen molar-refractivity contribution in [3.05, 3.63) is 64.9 Å². The zero-order valence-corrected chi connectivity index (χ0v) is 15.5. The minimum atomic E-state index is -3.66. The van der Waals surface area contributed by atoms with Gasteiger partial charge in [0.25, 0.3) is 0 Å². The molecule has 0 aliphatic carbocycles. The molecule has 1 heterocycles. The summed E-state index contributed by atoms with van der Waals surface area (Å²) < 4.78 is 40.2. The Bertz CT molecular complexity index is 837. The maximum absolute atomic E-state index is 13.3. The molecule has 1 atom stereocenters. The Labute approximate surface area is 152 Å². The zero-order chi connectivity index (χ0) is 18.0. The van der Waals surface area contributed by atoms with Crippen LogP contribution in [-0.4, -0.2) is 43.8 Å². The molecule has 0 spiro atoms. The van der Waals surface area contributed by atoms with Gasteiger partial charge in [-0.2, -0.15) is 4.31 Å². The fourth-order valence-corrected chi connectivity index (χ4v) is 4.75. The van der Waals surface area contributed by atoms with E-state index in [0.717, 1.165) is 6.07 Å². The number of rotatable bonds is 4. The molecule has 0 amide bonds. The van der Waals surface area contributed by atoms with Gasteiger partial charge in [0.05, 0.1) is 9.92 Å². The highest BCUT2D eigenvalue weighted by Gasteiger charge is 2.30. The normalized spacial score (nSPS) is 18.2. The quantitative estimate of drug-likeness (QED) is 0.812. The van der Waals surface area contributed by atoms with Crippen molar-refractivity contribution in [1.29, 1.82) is 0 Å². The minimum Gasteiger partial charge on any atom is -0.294 e. The first-order valence-corrected chi connectivity index (χ1v) is 9.95. The summed E-state index contributed by atoms with van der Waals surface area (Å²) in [5.74, 6) is -0.623. The number of benzene rings is 2. The van der Waals surface area contributed by atoms with Crippen molar-refractivity contribution >= 4 is 21.6 Å². The first kappa shape index (κ1) is 18.3. The lowest BCUT2D eigenvalue weighted by molar-refractivity contribution is 0.146. The van der Waals surface area contributed by atoms with Crippen LogP contribution in [0.15, 0.2) is 53.4 Å². The van der Waals surface area contributed by atoms with E-state index in [4.69, 9.17) is 11.6 Å². The molecular weight excluding hydrogens is 363 g/mol. The Hall–Kier alpha value is -1.47. The van der Waals surface area contributed by atoms with Crippen molar-refractivity contribution in [2.24, 2.45) is 0 Å². The van der Waals surface area contributed by atoms with Gasteiger partial charge >= 0.3 is 0 Å². The monoisotopic (exact) mass is 382 g/mol. The average molecular weight is 383 g/mol. The lowest BCUT2D eigenvalue weighted by Gasteiger charge is -2.37. The lowest BCUT2D eigenvalue weighted by atomic mass is 10.1. The molecule has 134 valence electrons. The van der Waals surface area contributed by atoms with Gasteiger partial charge in [-0.3, -0.25) is 4.90 Å². The molecule has 3 rings (SSSR count). The predicted molar refractivity (Wildman–Crippen MR) is 96.6 cm³/mol. The van der Waals surface area contributed by atoms with Crippen LogP contribution in [0.1, 0.15) is 18.5 Å². The van der Waals surface area contributed by atoms with Crippen molar-refractivity contribution in [1.82, 2.24) is 9.21 Å². The molecule has 4 nitrogen and oxygen atoms in total. The van der Waals surface area contributed by atoms with Crippen LogP contribution in [0.5, 0.6) is 0 Å². The van der Waals surface area contributed by atoms with Crippen LogP contribution in [0.25, 0.3) is 0 Å². The van der Waals surface area contributed by atoms with Crippen molar-refractivity contribution in [2.75, 3.05) is 26.2 Å². The summed E-state index contributed by atoms with van der Waals surface area (Å²) in [5, 5.41) is -0.183. The van der Waals surface area contributed by atoms with Gasteiger partial charge in [-0.05, 0) is 30.7 Å². The van der Waals surface area contributed by atoms with Gasteiger partial charge in [0.1, 0.15) is 5.82 Å². The van der Waals surface area contributed by atoms with Crippen LogP contribution >= 0.6 is 11.6 Å². The van der Waals surface area contributed by atoms with Gasteiger partial charge in [0, 0.05) is 32.2 Å². The Morgan fingerprint density at radius 1 is 1.04 bits per heavy atom. The SMILES string of the molecule is C[C@H](c1ccccc1)N1CCN(S(=O)(=O)c2ccc(F)c(Cl)c2)CC1. The number of piperazine rings is 1. The molecular formula is C18H20ClFN2O2S. The molecule has 0 aromatic heterocycles. The van der Waals surface area contributed by atoms with Crippen LogP contribution in [-0.2, 0) is 10.0 Å². The van der Waals surface area contributed by atoms with Gasteiger partial charge < -0.3 is 0 Å². The van der Waals surface area contributed by atoms with E-state index in [9.17, 15) is 12.8 Å². The van der Waals surface area contributed by atoms with Crippen LogP contribution in [0.4, 0.5) is 4.39 Å². The van der Waals surface area contributed by atoms with Gasteiger partial charge in [0.2, 0.25) is 10.0 Å². The Balaban J connectivity index is 1.70. The summed E-state index contributed by atoms with van der Waals surface area (Å²) in [6.07, 6.45) is 0. The third-order valence-corrected chi connectivity index (χ3v) is 6.82. The van der Waals surface area contributed by atoms with E-state index < -0.39 is 15.8 Å². The molecule has 1 aliphatic rings. The molecule has 1 aliphatic heterocycles. The molecule has 25 heavy (non-hydrogen) atoms. The minimum absolute atomic E-state index is 0.0310. The molecule has 7 heteroatoms. The molecule has 2 aromatic carbocycles. The first-order chi connectivity index (χ1) is 11.9. The summed E-state index contributed by atoms with van der Waals surface area (Å²) in [6, 6.07) is 13.9. The fourth-order valence-electron chi connectivity index (χ4n) is 3.06. The van der Waals surface area contributed by atoms with Crippen molar-refractivity contribution in [2.45, 2.75) is 17.9 Å². The predicted octanol–water partition coefficient (Wildman–Crippen LogP) is 3.55. The molecule has 1 saturated heterocycles. The highest BCUT2D eigenvalue weighted by molar-refractivity contribution is 7.89. The number of hydrogen-bond acceptors (Lipinski definition) is 3. The number of nitrogens with zero attached hydrogens (tertiary/aromatic N) is 2. The van der Waals surface area contributed by atoms with Crippen molar-refractivity contribution in [3.8, 4) is 0 Å². The second kappa shape index (κ2) is 7.41. The third kappa shape index (κ3) is 3.87. The summed E-state index contributed by atoms with van der Waals surface area (Å²) in [4.78, 5) is 2.29. The molecule has 0 N–H and O–H groups in total. The van der Waals surface area contributed by atoms with E-state index in [1.807, 2.05) is 18.2 Å². The van der Waals surface area contributed by atoms with E-state index in [-0.39, 0.29) is 16.0 Å². The van der Waals surface area contributed by atoms with E-state index in [1.165, 1.54) is 22.0 Å².